The van der Waals surface area contributed by atoms with Gasteiger partial charge in [0.25, 0.3) is 5.69 Å². The first kappa shape index (κ1) is 13.7. The van der Waals surface area contributed by atoms with Gasteiger partial charge in [-0.15, -0.1) is 0 Å². The molecular formula is C14H14N2O4. The second kappa shape index (κ2) is 5.92. The topological polar surface area (TPSA) is 84.6 Å². The molecule has 2 aromatic rings. The van der Waals surface area contributed by atoms with Gasteiger partial charge in [-0.1, -0.05) is 6.07 Å². The number of nitro groups is 1. The van der Waals surface area contributed by atoms with Crippen molar-refractivity contribution in [1.82, 2.24) is 0 Å². The zero-order valence-electron chi connectivity index (χ0n) is 10.9. The molecule has 0 radical (unpaired) electrons. The standard InChI is InChI=1S/C14H14N2O4/c1-20-13-5-6-14(17)10(7-13)9-15-11-3-2-4-12(8-11)16(18)19/h2-8,15,17H,9H2,1H3. The molecule has 0 aliphatic heterocycles. The molecule has 0 heterocycles. The molecule has 0 aliphatic rings. The van der Waals surface area contributed by atoms with E-state index >= 15 is 0 Å². The number of hydrogen-bond acceptors (Lipinski definition) is 5. The Morgan fingerprint density at radius 1 is 1.30 bits per heavy atom. The Hall–Kier alpha value is -2.76. The van der Waals surface area contributed by atoms with Crippen molar-refractivity contribution >= 4 is 11.4 Å². The highest BCUT2D eigenvalue weighted by Gasteiger charge is 2.07. The molecule has 6 heteroatoms. The van der Waals surface area contributed by atoms with Crippen molar-refractivity contribution in [2.24, 2.45) is 0 Å². The summed E-state index contributed by atoms with van der Waals surface area (Å²) in [6, 6.07) is 11.1. The summed E-state index contributed by atoms with van der Waals surface area (Å²) in [5, 5.41) is 23.5. The van der Waals surface area contributed by atoms with Gasteiger partial charge in [0.2, 0.25) is 0 Å². The number of benzene rings is 2. The van der Waals surface area contributed by atoms with Crippen molar-refractivity contribution < 1.29 is 14.8 Å². The predicted molar refractivity (Wildman–Crippen MR) is 75.1 cm³/mol. The van der Waals surface area contributed by atoms with Crippen LogP contribution in [-0.2, 0) is 6.54 Å². The lowest BCUT2D eigenvalue weighted by atomic mass is 10.2. The number of rotatable bonds is 5. The number of anilines is 1. The zero-order valence-corrected chi connectivity index (χ0v) is 10.9. The smallest absolute Gasteiger partial charge is 0.271 e. The highest BCUT2D eigenvalue weighted by molar-refractivity contribution is 5.52. The monoisotopic (exact) mass is 274 g/mol. The lowest BCUT2D eigenvalue weighted by Crippen LogP contribution is -2.00. The van der Waals surface area contributed by atoms with Gasteiger partial charge in [0, 0.05) is 29.9 Å². The van der Waals surface area contributed by atoms with Crippen LogP contribution in [0.2, 0.25) is 0 Å². The van der Waals surface area contributed by atoms with Crippen molar-refractivity contribution in [2.45, 2.75) is 6.54 Å². The van der Waals surface area contributed by atoms with Crippen LogP contribution in [0.1, 0.15) is 5.56 Å². The Morgan fingerprint density at radius 2 is 2.10 bits per heavy atom. The third-order valence-electron chi connectivity index (χ3n) is 2.83. The van der Waals surface area contributed by atoms with Crippen molar-refractivity contribution in [3.05, 3.63) is 58.1 Å². The normalized spacial score (nSPS) is 10.1. The second-order valence-electron chi connectivity index (χ2n) is 4.16. The summed E-state index contributed by atoms with van der Waals surface area (Å²) in [5.41, 5.74) is 1.28. The Labute approximate surface area is 115 Å². The summed E-state index contributed by atoms with van der Waals surface area (Å²) in [6.45, 7) is 0.338. The lowest BCUT2D eigenvalue weighted by Gasteiger charge is -2.09. The van der Waals surface area contributed by atoms with Crippen molar-refractivity contribution in [2.75, 3.05) is 12.4 Å². The Morgan fingerprint density at radius 3 is 2.80 bits per heavy atom. The second-order valence-corrected chi connectivity index (χ2v) is 4.16. The molecule has 104 valence electrons. The van der Waals surface area contributed by atoms with Crippen molar-refractivity contribution in [3.8, 4) is 11.5 Å². The fraction of sp³-hybridized carbons (Fsp3) is 0.143. The van der Waals surface area contributed by atoms with Crippen molar-refractivity contribution in [1.29, 1.82) is 0 Å². The van der Waals surface area contributed by atoms with E-state index in [1.807, 2.05) is 0 Å². The van der Waals surface area contributed by atoms with E-state index < -0.39 is 4.92 Å². The molecule has 0 aliphatic carbocycles. The van der Waals surface area contributed by atoms with Gasteiger partial charge in [0.1, 0.15) is 11.5 Å². The summed E-state index contributed by atoms with van der Waals surface area (Å²) >= 11 is 0. The Bertz CT molecular complexity index is 628. The third-order valence-corrected chi connectivity index (χ3v) is 2.83. The molecule has 2 aromatic carbocycles. The highest BCUT2D eigenvalue weighted by Crippen LogP contribution is 2.24. The number of ether oxygens (including phenoxy) is 1. The number of methoxy groups -OCH3 is 1. The maximum Gasteiger partial charge on any atom is 0.271 e. The summed E-state index contributed by atoms with van der Waals surface area (Å²) in [4.78, 5) is 10.2. The van der Waals surface area contributed by atoms with Crippen LogP contribution in [0.25, 0.3) is 0 Å². The molecule has 0 aromatic heterocycles. The van der Waals surface area contributed by atoms with E-state index in [0.717, 1.165) is 0 Å². The molecule has 20 heavy (non-hydrogen) atoms. The number of non-ortho nitro benzene ring substituents is 1. The molecule has 2 N–H and O–H groups in total. The largest absolute Gasteiger partial charge is 0.508 e. The Balaban J connectivity index is 2.12. The first-order chi connectivity index (χ1) is 9.60. The predicted octanol–water partition coefficient (Wildman–Crippen LogP) is 2.92. The minimum absolute atomic E-state index is 0.0184. The van der Waals surface area contributed by atoms with E-state index in [0.29, 0.717) is 23.5 Å². The number of nitrogens with one attached hydrogen (secondary N) is 1. The molecule has 0 amide bonds. The fourth-order valence-corrected chi connectivity index (χ4v) is 1.76. The van der Waals surface area contributed by atoms with Crippen LogP contribution in [0, 0.1) is 10.1 Å². The summed E-state index contributed by atoms with van der Waals surface area (Å²) < 4.78 is 5.08. The maximum absolute atomic E-state index is 10.7. The first-order valence-corrected chi connectivity index (χ1v) is 5.94. The first-order valence-electron chi connectivity index (χ1n) is 5.94. The number of phenols is 1. The van der Waals surface area contributed by atoms with Gasteiger partial charge in [-0.3, -0.25) is 10.1 Å². The molecule has 0 atom stereocenters. The molecule has 0 unspecified atom stereocenters. The maximum atomic E-state index is 10.7. The number of aromatic hydroxyl groups is 1. The molecule has 0 bridgehead atoms. The minimum atomic E-state index is -0.450. The van der Waals surface area contributed by atoms with Crippen LogP contribution in [-0.4, -0.2) is 17.1 Å². The van der Waals surface area contributed by atoms with Crippen LogP contribution in [0.4, 0.5) is 11.4 Å². The SMILES string of the molecule is COc1ccc(O)c(CNc2cccc([N+](=O)[O-])c2)c1. The molecule has 2 rings (SSSR count). The van der Waals surface area contributed by atoms with Gasteiger partial charge in [-0.05, 0) is 24.3 Å². The summed E-state index contributed by atoms with van der Waals surface area (Å²) in [7, 11) is 1.55. The summed E-state index contributed by atoms with van der Waals surface area (Å²) in [5.74, 6) is 0.780. The van der Waals surface area contributed by atoms with Gasteiger partial charge in [0.05, 0.1) is 12.0 Å². The molecule has 0 saturated heterocycles. The van der Waals surface area contributed by atoms with Gasteiger partial charge in [-0.25, -0.2) is 0 Å². The minimum Gasteiger partial charge on any atom is -0.508 e. The van der Waals surface area contributed by atoms with Crippen LogP contribution in [0.15, 0.2) is 42.5 Å². The molecule has 0 saturated carbocycles. The van der Waals surface area contributed by atoms with E-state index in [9.17, 15) is 15.2 Å². The van der Waals surface area contributed by atoms with Gasteiger partial charge >= 0.3 is 0 Å². The summed E-state index contributed by atoms with van der Waals surface area (Å²) in [6.07, 6.45) is 0. The quantitative estimate of drug-likeness (QED) is 0.646. The van der Waals surface area contributed by atoms with Crippen LogP contribution < -0.4 is 10.1 Å². The molecular weight excluding hydrogens is 260 g/mol. The lowest BCUT2D eigenvalue weighted by molar-refractivity contribution is -0.384. The van der Waals surface area contributed by atoms with Crippen LogP contribution >= 0.6 is 0 Å². The molecule has 6 nitrogen and oxygen atoms in total. The van der Waals surface area contributed by atoms with Gasteiger partial charge in [-0.2, -0.15) is 0 Å². The molecule has 0 fully saturated rings. The van der Waals surface area contributed by atoms with Crippen molar-refractivity contribution in [3.63, 3.8) is 0 Å². The highest BCUT2D eigenvalue weighted by atomic mass is 16.6. The fourth-order valence-electron chi connectivity index (χ4n) is 1.76. The third kappa shape index (κ3) is 3.17. The van der Waals surface area contributed by atoms with Gasteiger partial charge in [0.15, 0.2) is 0 Å². The van der Waals surface area contributed by atoms with Crippen LogP contribution in [0.5, 0.6) is 11.5 Å². The zero-order chi connectivity index (χ0) is 14.5. The van der Waals surface area contributed by atoms with E-state index in [1.54, 1.807) is 37.4 Å². The number of hydrogen-bond donors (Lipinski definition) is 2. The Kier molecular flexibility index (Phi) is 4.05. The van der Waals surface area contributed by atoms with E-state index in [4.69, 9.17) is 4.74 Å². The van der Waals surface area contributed by atoms with E-state index in [2.05, 4.69) is 5.32 Å². The van der Waals surface area contributed by atoms with E-state index in [-0.39, 0.29) is 11.4 Å². The molecule has 0 spiro atoms. The number of nitro benzene ring substituents is 1. The number of phenolic OH excluding ortho intramolecular Hbond substituents is 1. The van der Waals surface area contributed by atoms with E-state index in [1.165, 1.54) is 12.1 Å². The average molecular weight is 274 g/mol. The average Bonchev–Trinajstić information content (AvgIpc) is 2.46. The number of nitrogens with zero attached hydrogens (tertiary/aromatic N) is 1. The van der Waals surface area contributed by atoms with Gasteiger partial charge < -0.3 is 15.2 Å². The van der Waals surface area contributed by atoms with Crippen LogP contribution in [0.3, 0.4) is 0 Å².